The zero-order chi connectivity index (χ0) is 15.7. The fourth-order valence-corrected chi connectivity index (χ4v) is 1.58. The lowest BCUT2D eigenvalue weighted by Crippen LogP contribution is -2.34. The van der Waals surface area contributed by atoms with Crippen molar-refractivity contribution in [3.8, 4) is 0 Å². The van der Waals surface area contributed by atoms with Crippen LogP contribution in [0.25, 0.3) is 0 Å². The average Bonchev–Trinajstić information content (AvgIpc) is 2.49. The molecule has 0 aromatic carbocycles. The third-order valence-corrected chi connectivity index (χ3v) is 2.66. The highest BCUT2D eigenvalue weighted by atomic mass is 16.6. The van der Waals surface area contributed by atoms with E-state index in [-0.39, 0.29) is 18.2 Å². The van der Waals surface area contributed by atoms with E-state index in [0.29, 0.717) is 19.7 Å². The Morgan fingerprint density at radius 3 is 2.90 bits per heavy atom. The molecule has 0 fully saturated rings. The molecule has 0 saturated heterocycles. The summed E-state index contributed by atoms with van der Waals surface area (Å²) in [4.78, 5) is 17.6. The number of oxime groups is 1. The van der Waals surface area contributed by atoms with E-state index < -0.39 is 6.09 Å². The van der Waals surface area contributed by atoms with Crippen LogP contribution in [0.3, 0.4) is 0 Å². The molecule has 7 nitrogen and oxygen atoms in total. The number of ether oxygens (including phenoxy) is 1. The number of amidine groups is 1. The van der Waals surface area contributed by atoms with E-state index in [1.54, 1.807) is 18.5 Å². The summed E-state index contributed by atoms with van der Waals surface area (Å²) in [6.07, 6.45) is 3.21. The van der Waals surface area contributed by atoms with Crippen molar-refractivity contribution >= 4 is 11.9 Å². The summed E-state index contributed by atoms with van der Waals surface area (Å²) in [7, 11) is 0. The minimum atomic E-state index is -0.418. The molecule has 1 amide bonds. The van der Waals surface area contributed by atoms with Gasteiger partial charge in [0.1, 0.15) is 5.84 Å². The van der Waals surface area contributed by atoms with Gasteiger partial charge >= 0.3 is 6.09 Å². The Balaban J connectivity index is 2.66. The Hall–Kier alpha value is -2.31. The smallest absolute Gasteiger partial charge is 0.410 e. The summed E-state index contributed by atoms with van der Waals surface area (Å²) in [5.74, 6) is 0.334. The summed E-state index contributed by atoms with van der Waals surface area (Å²) in [5.41, 5.74) is 6.33. The number of carbonyl (C=O) groups is 1. The van der Waals surface area contributed by atoms with E-state index in [4.69, 9.17) is 15.7 Å². The van der Waals surface area contributed by atoms with Crippen LogP contribution in [0.4, 0.5) is 4.79 Å². The van der Waals surface area contributed by atoms with Gasteiger partial charge < -0.3 is 20.6 Å². The molecule has 1 rings (SSSR count). The second-order valence-corrected chi connectivity index (χ2v) is 5.09. The molecule has 0 unspecified atom stereocenters. The van der Waals surface area contributed by atoms with Gasteiger partial charge in [0, 0.05) is 25.4 Å². The first-order valence-electron chi connectivity index (χ1n) is 6.80. The van der Waals surface area contributed by atoms with Crippen molar-refractivity contribution in [2.45, 2.75) is 26.8 Å². The van der Waals surface area contributed by atoms with Gasteiger partial charge in [0.05, 0.1) is 13.2 Å². The number of nitrogens with zero attached hydrogens (tertiary/aromatic N) is 3. The molecule has 0 spiro atoms. The van der Waals surface area contributed by atoms with E-state index in [1.165, 1.54) is 4.90 Å². The molecule has 7 heteroatoms. The molecular formula is C14H22N4O3. The monoisotopic (exact) mass is 294 g/mol. The Morgan fingerprint density at radius 2 is 2.33 bits per heavy atom. The van der Waals surface area contributed by atoms with Crippen molar-refractivity contribution in [2.75, 3.05) is 13.2 Å². The van der Waals surface area contributed by atoms with Crippen molar-refractivity contribution in [3.05, 3.63) is 30.1 Å². The minimum Gasteiger partial charge on any atom is -0.449 e. The van der Waals surface area contributed by atoms with E-state index in [1.807, 2.05) is 19.9 Å². The average molecular weight is 294 g/mol. The van der Waals surface area contributed by atoms with Gasteiger partial charge in [0.15, 0.2) is 0 Å². The largest absolute Gasteiger partial charge is 0.449 e. The first-order valence-corrected chi connectivity index (χ1v) is 6.80. The molecular weight excluding hydrogens is 272 g/mol. The summed E-state index contributed by atoms with van der Waals surface area (Å²) in [6.45, 7) is 4.96. The fraction of sp³-hybridized carbons (Fsp3) is 0.500. The number of aromatic nitrogens is 1. The number of nitrogens with two attached hydrogens (primary N) is 1. The van der Waals surface area contributed by atoms with Crippen molar-refractivity contribution < 1.29 is 14.7 Å². The number of pyridine rings is 1. The normalized spacial score (nSPS) is 11.5. The number of hydrogen-bond acceptors (Lipinski definition) is 5. The van der Waals surface area contributed by atoms with Gasteiger partial charge in [0.2, 0.25) is 0 Å². The molecule has 0 aliphatic heterocycles. The van der Waals surface area contributed by atoms with Gasteiger partial charge in [-0.1, -0.05) is 25.1 Å². The van der Waals surface area contributed by atoms with E-state index in [9.17, 15) is 4.79 Å². The summed E-state index contributed by atoms with van der Waals surface area (Å²) < 4.78 is 5.23. The molecule has 1 heterocycles. The second-order valence-electron chi connectivity index (χ2n) is 5.09. The maximum atomic E-state index is 12.1. The Bertz CT molecular complexity index is 463. The minimum absolute atomic E-state index is 0.0721. The van der Waals surface area contributed by atoms with E-state index >= 15 is 0 Å². The Labute approximate surface area is 124 Å². The van der Waals surface area contributed by atoms with Gasteiger partial charge in [0.25, 0.3) is 0 Å². The number of rotatable bonds is 7. The Kier molecular flexibility index (Phi) is 7.00. The van der Waals surface area contributed by atoms with Gasteiger partial charge in [-0.2, -0.15) is 0 Å². The standard InChI is InChI=1S/C14H22N4O3/c1-11(2)10-21-14(19)18(7-5-13(15)17-20)9-12-4-3-6-16-8-12/h3-4,6,8,11,20H,5,7,9-10H2,1-2H3,(H2,15,17). The van der Waals surface area contributed by atoms with Crippen LogP contribution < -0.4 is 5.73 Å². The van der Waals surface area contributed by atoms with Crippen LogP contribution in [0, 0.1) is 5.92 Å². The molecule has 116 valence electrons. The summed E-state index contributed by atoms with van der Waals surface area (Å²) >= 11 is 0. The van der Waals surface area contributed by atoms with Crippen LogP contribution in [0.5, 0.6) is 0 Å². The molecule has 0 aliphatic rings. The Morgan fingerprint density at radius 1 is 1.57 bits per heavy atom. The highest BCUT2D eigenvalue weighted by molar-refractivity contribution is 5.80. The third kappa shape index (κ3) is 6.60. The molecule has 1 aromatic heterocycles. The summed E-state index contributed by atoms with van der Waals surface area (Å²) in [6, 6.07) is 3.68. The van der Waals surface area contributed by atoms with Crippen molar-refractivity contribution in [1.29, 1.82) is 0 Å². The molecule has 0 aliphatic carbocycles. The lowest BCUT2D eigenvalue weighted by molar-refractivity contribution is 0.0904. The van der Waals surface area contributed by atoms with E-state index in [0.717, 1.165) is 5.56 Å². The van der Waals surface area contributed by atoms with E-state index in [2.05, 4.69) is 10.1 Å². The second kappa shape index (κ2) is 8.78. The first kappa shape index (κ1) is 16.7. The third-order valence-electron chi connectivity index (χ3n) is 2.66. The summed E-state index contributed by atoms with van der Waals surface area (Å²) in [5, 5.41) is 11.5. The van der Waals surface area contributed by atoms with Gasteiger partial charge in [-0.25, -0.2) is 4.79 Å². The van der Waals surface area contributed by atoms with Crippen LogP contribution in [-0.4, -0.2) is 40.2 Å². The maximum absolute atomic E-state index is 12.1. The quantitative estimate of drug-likeness (QED) is 0.346. The molecule has 1 aromatic rings. The maximum Gasteiger partial charge on any atom is 0.410 e. The lowest BCUT2D eigenvalue weighted by atomic mass is 10.2. The van der Waals surface area contributed by atoms with Crippen LogP contribution in [0.15, 0.2) is 29.7 Å². The fourth-order valence-electron chi connectivity index (χ4n) is 1.58. The van der Waals surface area contributed by atoms with Crippen molar-refractivity contribution in [1.82, 2.24) is 9.88 Å². The molecule has 0 radical (unpaired) electrons. The van der Waals surface area contributed by atoms with Crippen molar-refractivity contribution in [3.63, 3.8) is 0 Å². The topological polar surface area (TPSA) is 101 Å². The number of amides is 1. The van der Waals surface area contributed by atoms with Crippen LogP contribution in [-0.2, 0) is 11.3 Å². The van der Waals surface area contributed by atoms with Crippen LogP contribution in [0.2, 0.25) is 0 Å². The molecule has 3 N–H and O–H groups in total. The molecule has 0 saturated carbocycles. The zero-order valence-corrected chi connectivity index (χ0v) is 12.4. The molecule has 0 atom stereocenters. The van der Waals surface area contributed by atoms with Gasteiger partial charge in [-0.05, 0) is 17.5 Å². The molecule has 21 heavy (non-hydrogen) atoms. The lowest BCUT2D eigenvalue weighted by Gasteiger charge is -2.22. The first-order chi connectivity index (χ1) is 10.0. The predicted molar refractivity (Wildman–Crippen MR) is 78.9 cm³/mol. The predicted octanol–water partition coefficient (Wildman–Crippen LogP) is 1.81. The zero-order valence-electron chi connectivity index (χ0n) is 12.4. The molecule has 0 bridgehead atoms. The SMILES string of the molecule is CC(C)COC(=O)N(CC/C(N)=N/O)Cc1cccnc1. The highest BCUT2D eigenvalue weighted by Crippen LogP contribution is 2.07. The van der Waals surface area contributed by atoms with Crippen LogP contribution in [0.1, 0.15) is 25.8 Å². The number of hydrogen-bond donors (Lipinski definition) is 2. The van der Waals surface area contributed by atoms with Gasteiger partial charge in [-0.3, -0.25) is 4.98 Å². The van der Waals surface area contributed by atoms with Crippen molar-refractivity contribution in [2.24, 2.45) is 16.8 Å². The van der Waals surface area contributed by atoms with Gasteiger partial charge in [-0.15, -0.1) is 0 Å². The highest BCUT2D eigenvalue weighted by Gasteiger charge is 2.16. The van der Waals surface area contributed by atoms with Crippen LogP contribution >= 0.6 is 0 Å². The number of carbonyl (C=O) groups excluding carboxylic acids is 1.